The smallest absolute Gasteiger partial charge is 0.255 e. The number of hydrogen-bond acceptors (Lipinski definition) is 3. The molecule has 0 aliphatic carbocycles. The first-order valence-electron chi connectivity index (χ1n) is 5.64. The topological polar surface area (TPSA) is 58.6 Å². The number of aromatic hydroxyl groups is 1. The largest absolute Gasteiger partial charge is 0.507 e. The number of carbonyl (C=O) groups is 1. The highest BCUT2D eigenvalue weighted by Crippen LogP contribution is 2.28. The van der Waals surface area contributed by atoms with Gasteiger partial charge in [0.05, 0.1) is 16.4 Å². The lowest BCUT2D eigenvalue weighted by molar-refractivity contribution is 0.102. The monoisotopic (exact) mass is 447 g/mol. The van der Waals surface area contributed by atoms with Crippen molar-refractivity contribution in [1.29, 1.82) is 0 Å². The minimum Gasteiger partial charge on any atom is -0.507 e. The lowest BCUT2D eigenvalue weighted by Crippen LogP contribution is -2.12. The van der Waals surface area contributed by atoms with E-state index in [0.717, 1.165) is 4.47 Å². The van der Waals surface area contributed by atoms with Gasteiger partial charge in [0.1, 0.15) is 11.5 Å². The van der Waals surface area contributed by atoms with Gasteiger partial charge in [-0.15, -0.1) is 0 Å². The second kappa shape index (κ2) is 6.45. The van der Waals surface area contributed by atoms with Crippen LogP contribution in [-0.2, 0) is 0 Å². The highest BCUT2D eigenvalue weighted by molar-refractivity contribution is 14.1. The molecule has 0 heterocycles. The SMILES string of the molecule is COc1ccc(Br)c(NC(=O)c2ccc(I)c(O)c2)c1. The summed E-state index contributed by atoms with van der Waals surface area (Å²) in [4.78, 5) is 12.1. The van der Waals surface area contributed by atoms with E-state index in [2.05, 4.69) is 21.2 Å². The van der Waals surface area contributed by atoms with Crippen molar-refractivity contribution in [2.75, 3.05) is 12.4 Å². The van der Waals surface area contributed by atoms with Crippen LogP contribution in [-0.4, -0.2) is 18.1 Å². The number of methoxy groups -OCH3 is 1. The average Bonchev–Trinajstić information content (AvgIpc) is 2.44. The molecule has 4 nitrogen and oxygen atoms in total. The molecular weight excluding hydrogens is 437 g/mol. The van der Waals surface area contributed by atoms with Crippen molar-refractivity contribution in [3.63, 3.8) is 0 Å². The zero-order valence-electron chi connectivity index (χ0n) is 10.5. The van der Waals surface area contributed by atoms with Crippen molar-refractivity contribution in [2.24, 2.45) is 0 Å². The maximum atomic E-state index is 12.1. The number of hydrogen-bond donors (Lipinski definition) is 2. The van der Waals surface area contributed by atoms with Crippen LogP contribution in [0.25, 0.3) is 0 Å². The minimum absolute atomic E-state index is 0.0861. The number of ether oxygens (including phenoxy) is 1. The van der Waals surface area contributed by atoms with E-state index >= 15 is 0 Å². The third kappa shape index (κ3) is 3.43. The van der Waals surface area contributed by atoms with E-state index in [0.29, 0.717) is 20.6 Å². The number of rotatable bonds is 3. The summed E-state index contributed by atoms with van der Waals surface area (Å²) in [6, 6.07) is 10.1. The van der Waals surface area contributed by atoms with Crippen LogP contribution in [0.5, 0.6) is 11.5 Å². The van der Waals surface area contributed by atoms with E-state index in [1.807, 2.05) is 22.6 Å². The van der Waals surface area contributed by atoms with Gasteiger partial charge in [0, 0.05) is 16.1 Å². The molecule has 20 heavy (non-hydrogen) atoms. The molecule has 104 valence electrons. The molecule has 0 aromatic heterocycles. The molecule has 0 atom stereocenters. The molecule has 6 heteroatoms. The number of benzene rings is 2. The van der Waals surface area contributed by atoms with Gasteiger partial charge in [0.2, 0.25) is 0 Å². The summed E-state index contributed by atoms with van der Waals surface area (Å²) < 4.78 is 6.57. The number of anilines is 1. The molecule has 0 fully saturated rings. The van der Waals surface area contributed by atoms with E-state index in [9.17, 15) is 9.90 Å². The highest BCUT2D eigenvalue weighted by Gasteiger charge is 2.11. The van der Waals surface area contributed by atoms with Gasteiger partial charge in [-0.1, -0.05) is 0 Å². The van der Waals surface area contributed by atoms with Crippen LogP contribution in [0, 0.1) is 3.57 Å². The van der Waals surface area contributed by atoms with Crippen molar-refractivity contribution >= 4 is 50.1 Å². The number of carbonyl (C=O) groups excluding carboxylic acids is 1. The van der Waals surface area contributed by atoms with Crippen molar-refractivity contribution in [1.82, 2.24) is 0 Å². The minimum atomic E-state index is -0.300. The van der Waals surface area contributed by atoms with Crippen LogP contribution in [0.1, 0.15) is 10.4 Å². The van der Waals surface area contributed by atoms with E-state index in [4.69, 9.17) is 4.74 Å². The molecule has 0 saturated heterocycles. The summed E-state index contributed by atoms with van der Waals surface area (Å²) in [7, 11) is 1.56. The molecule has 2 aromatic rings. The fourth-order valence-electron chi connectivity index (χ4n) is 1.58. The Kier molecular flexibility index (Phi) is 4.87. The molecule has 2 rings (SSSR count). The van der Waals surface area contributed by atoms with Gasteiger partial charge in [-0.2, -0.15) is 0 Å². The summed E-state index contributed by atoms with van der Waals surface area (Å²) in [5.41, 5.74) is 0.991. The third-order valence-corrected chi connectivity index (χ3v) is 4.23. The van der Waals surface area contributed by atoms with Crippen molar-refractivity contribution < 1.29 is 14.6 Å². The van der Waals surface area contributed by atoms with Gasteiger partial charge in [0.15, 0.2) is 0 Å². The standard InChI is InChI=1S/C14H11BrINO3/c1-20-9-3-4-10(15)12(7-9)17-14(19)8-2-5-11(16)13(18)6-8/h2-7,18H,1H3,(H,17,19). The quantitative estimate of drug-likeness (QED) is 0.698. The van der Waals surface area contributed by atoms with Crippen molar-refractivity contribution in [3.8, 4) is 11.5 Å². The molecule has 0 bridgehead atoms. The van der Waals surface area contributed by atoms with E-state index in [1.165, 1.54) is 6.07 Å². The van der Waals surface area contributed by atoms with Gasteiger partial charge >= 0.3 is 0 Å². The molecule has 1 amide bonds. The predicted octanol–water partition coefficient (Wildman–Crippen LogP) is 4.02. The summed E-state index contributed by atoms with van der Waals surface area (Å²) >= 11 is 5.36. The first kappa shape index (κ1) is 15.1. The maximum absolute atomic E-state index is 12.1. The molecule has 0 radical (unpaired) electrons. The molecule has 0 aliphatic heterocycles. The zero-order valence-corrected chi connectivity index (χ0v) is 14.2. The van der Waals surface area contributed by atoms with Crippen LogP contribution in [0.4, 0.5) is 5.69 Å². The first-order chi connectivity index (χ1) is 9.51. The van der Waals surface area contributed by atoms with Gasteiger partial charge in [-0.05, 0) is 68.9 Å². The molecule has 2 N–H and O–H groups in total. The number of halogens is 2. The highest BCUT2D eigenvalue weighted by atomic mass is 127. The van der Waals surface area contributed by atoms with Crippen molar-refractivity contribution in [2.45, 2.75) is 0 Å². The normalized spacial score (nSPS) is 10.2. The first-order valence-corrected chi connectivity index (χ1v) is 7.52. The van der Waals surface area contributed by atoms with Crippen LogP contribution in [0.3, 0.4) is 0 Å². The molecule has 0 unspecified atom stereocenters. The summed E-state index contributed by atoms with van der Waals surface area (Å²) in [6.45, 7) is 0. The fraction of sp³-hybridized carbons (Fsp3) is 0.0714. The van der Waals surface area contributed by atoms with E-state index in [-0.39, 0.29) is 11.7 Å². The Balaban J connectivity index is 2.25. The average molecular weight is 448 g/mol. The Bertz CT molecular complexity index is 661. The second-order valence-corrected chi connectivity index (χ2v) is 5.98. The lowest BCUT2D eigenvalue weighted by atomic mass is 10.2. The summed E-state index contributed by atoms with van der Waals surface area (Å²) in [5, 5.41) is 12.4. The molecule has 0 aliphatic rings. The Hall–Kier alpha value is -1.28. The Morgan fingerprint density at radius 2 is 2.05 bits per heavy atom. The van der Waals surface area contributed by atoms with Crippen LogP contribution in [0.2, 0.25) is 0 Å². The summed E-state index contributed by atoms with van der Waals surface area (Å²) in [6.07, 6.45) is 0. The van der Waals surface area contributed by atoms with E-state index < -0.39 is 0 Å². The molecule has 0 spiro atoms. The van der Waals surface area contributed by atoms with Crippen LogP contribution < -0.4 is 10.1 Å². The van der Waals surface area contributed by atoms with Crippen LogP contribution in [0.15, 0.2) is 40.9 Å². The van der Waals surface area contributed by atoms with E-state index in [1.54, 1.807) is 37.4 Å². The van der Waals surface area contributed by atoms with Crippen LogP contribution >= 0.6 is 38.5 Å². The number of nitrogens with one attached hydrogen (secondary N) is 1. The zero-order chi connectivity index (χ0) is 14.7. The number of amides is 1. The van der Waals surface area contributed by atoms with Gasteiger partial charge < -0.3 is 15.2 Å². The third-order valence-electron chi connectivity index (χ3n) is 2.63. The lowest BCUT2D eigenvalue weighted by Gasteiger charge is -2.10. The molecule has 2 aromatic carbocycles. The maximum Gasteiger partial charge on any atom is 0.255 e. The number of phenols is 1. The molecule has 0 saturated carbocycles. The Morgan fingerprint density at radius 1 is 1.30 bits per heavy atom. The predicted molar refractivity (Wildman–Crippen MR) is 89.5 cm³/mol. The van der Waals surface area contributed by atoms with Gasteiger partial charge in [-0.25, -0.2) is 0 Å². The summed E-state index contributed by atoms with van der Waals surface area (Å²) in [5.74, 6) is 0.433. The second-order valence-electron chi connectivity index (χ2n) is 3.97. The Morgan fingerprint density at radius 3 is 2.70 bits per heavy atom. The number of phenolic OH excluding ortho intramolecular Hbond substituents is 1. The fourth-order valence-corrected chi connectivity index (χ4v) is 2.26. The van der Waals surface area contributed by atoms with Gasteiger partial charge in [-0.3, -0.25) is 4.79 Å². The van der Waals surface area contributed by atoms with Gasteiger partial charge in [0.25, 0.3) is 5.91 Å². The van der Waals surface area contributed by atoms with Crippen molar-refractivity contribution in [3.05, 3.63) is 50.0 Å². The Labute approximate surface area is 138 Å². The molecular formula is C14H11BrINO3.